The minimum atomic E-state index is 0.260. The van der Waals surface area contributed by atoms with Gasteiger partial charge in [-0.3, -0.25) is 9.59 Å². The van der Waals surface area contributed by atoms with E-state index >= 15 is 0 Å². The van der Waals surface area contributed by atoms with E-state index in [2.05, 4.69) is 13.8 Å². The van der Waals surface area contributed by atoms with Crippen molar-refractivity contribution in [3.05, 3.63) is 0 Å². The first-order valence-corrected chi connectivity index (χ1v) is 8.98. The Bertz CT molecular complexity index is 496. The Balaban J connectivity index is 1.70. The molecule has 0 bridgehead atoms. The molecule has 4 saturated carbocycles. The molecule has 0 amide bonds. The van der Waals surface area contributed by atoms with Gasteiger partial charge in [-0.25, -0.2) is 0 Å². The van der Waals surface area contributed by atoms with E-state index in [1.165, 1.54) is 32.1 Å². The Morgan fingerprint density at radius 3 is 2.57 bits per heavy atom. The van der Waals surface area contributed by atoms with E-state index in [1.54, 1.807) is 0 Å². The van der Waals surface area contributed by atoms with Crippen LogP contribution in [0.5, 0.6) is 0 Å². The van der Waals surface area contributed by atoms with Crippen LogP contribution in [0.15, 0.2) is 0 Å². The second kappa shape index (κ2) is 4.43. The number of hydrogen-bond acceptors (Lipinski definition) is 2. The molecule has 0 spiro atoms. The number of rotatable bonds is 0. The molecule has 4 fully saturated rings. The SMILES string of the molecule is C[C@@]12CCC[C@H]1[C@@H]1C(=O)CC3CC(=O)CC[C@]3(C)[C@@H]1CC2. The molecule has 0 radical (unpaired) electrons. The van der Waals surface area contributed by atoms with E-state index in [0.717, 1.165) is 12.8 Å². The molecular weight excluding hydrogens is 260 g/mol. The maximum absolute atomic E-state index is 12.9. The Hall–Kier alpha value is -0.660. The average molecular weight is 288 g/mol. The standard InChI is InChI=1S/C19H28O2/c1-18-7-3-4-14(18)17-15(6-8-18)19(2)9-5-13(20)10-12(19)11-16(17)21/h12,14-15,17H,3-11H2,1-2H3/t12?,14-,15+,17-,18-,19-/m0/s1. The van der Waals surface area contributed by atoms with Gasteiger partial charge in [-0.15, -0.1) is 0 Å². The van der Waals surface area contributed by atoms with Gasteiger partial charge in [-0.05, 0) is 60.7 Å². The summed E-state index contributed by atoms with van der Waals surface area (Å²) in [6.45, 7) is 4.85. The van der Waals surface area contributed by atoms with Gasteiger partial charge in [0.1, 0.15) is 11.6 Å². The predicted octanol–water partition coefficient (Wildman–Crippen LogP) is 4.17. The van der Waals surface area contributed by atoms with Gasteiger partial charge in [0.15, 0.2) is 0 Å². The summed E-state index contributed by atoms with van der Waals surface area (Å²) < 4.78 is 0. The number of Topliss-reactive ketones (excluding diaryl/α,β-unsaturated/α-hetero) is 2. The van der Waals surface area contributed by atoms with Crippen LogP contribution in [-0.2, 0) is 9.59 Å². The largest absolute Gasteiger partial charge is 0.300 e. The lowest BCUT2D eigenvalue weighted by Gasteiger charge is -2.58. The van der Waals surface area contributed by atoms with Crippen molar-refractivity contribution in [1.29, 1.82) is 0 Å². The first kappa shape index (κ1) is 14.0. The molecule has 0 aromatic carbocycles. The van der Waals surface area contributed by atoms with E-state index in [0.29, 0.717) is 53.5 Å². The summed E-state index contributed by atoms with van der Waals surface area (Å²) in [5.41, 5.74) is 0.695. The highest BCUT2D eigenvalue weighted by Crippen LogP contribution is 2.64. The van der Waals surface area contributed by atoms with Crippen LogP contribution in [0.25, 0.3) is 0 Å². The quantitative estimate of drug-likeness (QED) is 0.670. The fourth-order valence-corrected chi connectivity index (χ4v) is 6.71. The summed E-state index contributed by atoms with van der Waals surface area (Å²) in [6.07, 6.45) is 9.60. The zero-order valence-corrected chi connectivity index (χ0v) is 13.5. The molecule has 1 unspecified atom stereocenters. The molecule has 4 aliphatic rings. The van der Waals surface area contributed by atoms with Crippen molar-refractivity contribution >= 4 is 11.6 Å². The van der Waals surface area contributed by atoms with Crippen molar-refractivity contribution in [2.24, 2.45) is 34.5 Å². The van der Waals surface area contributed by atoms with Gasteiger partial charge in [0.25, 0.3) is 0 Å². The van der Waals surface area contributed by atoms with E-state index in [9.17, 15) is 9.59 Å². The third-order valence-corrected chi connectivity index (χ3v) is 8.07. The lowest BCUT2D eigenvalue weighted by molar-refractivity contribution is -0.156. The Kier molecular flexibility index (Phi) is 2.94. The predicted molar refractivity (Wildman–Crippen MR) is 81.7 cm³/mol. The Morgan fingerprint density at radius 1 is 0.952 bits per heavy atom. The van der Waals surface area contributed by atoms with Crippen LogP contribution in [-0.4, -0.2) is 11.6 Å². The monoisotopic (exact) mass is 288 g/mol. The third-order valence-electron chi connectivity index (χ3n) is 8.07. The van der Waals surface area contributed by atoms with Crippen LogP contribution in [0.3, 0.4) is 0 Å². The zero-order chi connectivity index (χ0) is 14.8. The van der Waals surface area contributed by atoms with Gasteiger partial charge in [0, 0.05) is 25.2 Å². The van der Waals surface area contributed by atoms with E-state index in [4.69, 9.17) is 0 Å². The van der Waals surface area contributed by atoms with E-state index < -0.39 is 0 Å². The highest BCUT2D eigenvalue weighted by atomic mass is 16.1. The minimum Gasteiger partial charge on any atom is -0.300 e. The van der Waals surface area contributed by atoms with Crippen molar-refractivity contribution in [2.45, 2.75) is 71.6 Å². The number of ketones is 2. The van der Waals surface area contributed by atoms with Crippen LogP contribution in [0.2, 0.25) is 0 Å². The topological polar surface area (TPSA) is 34.1 Å². The molecule has 21 heavy (non-hydrogen) atoms. The van der Waals surface area contributed by atoms with Gasteiger partial charge >= 0.3 is 0 Å². The molecular formula is C19H28O2. The van der Waals surface area contributed by atoms with Gasteiger partial charge in [-0.2, -0.15) is 0 Å². The molecule has 2 nitrogen and oxygen atoms in total. The smallest absolute Gasteiger partial charge is 0.136 e. The summed E-state index contributed by atoms with van der Waals surface area (Å²) in [4.78, 5) is 24.8. The highest BCUT2D eigenvalue weighted by Gasteiger charge is 2.60. The molecule has 116 valence electrons. The van der Waals surface area contributed by atoms with Gasteiger partial charge < -0.3 is 0 Å². The third kappa shape index (κ3) is 1.83. The Labute approximate surface area is 128 Å². The average Bonchev–Trinajstić information content (AvgIpc) is 2.82. The fourth-order valence-electron chi connectivity index (χ4n) is 6.71. The van der Waals surface area contributed by atoms with Crippen LogP contribution >= 0.6 is 0 Å². The van der Waals surface area contributed by atoms with Gasteiger partial charge in [0.2, 0.25) is 0 Å². The van der Waals surface area contributed by atoms with Crippen LogP contribution < -0.4 is 0 Å². The van der Waals surface area contributed by atoms with Crippen molar-refractivity contribution < 1.29 is 9.59 Å². The molecule has 4 rings (SSSR count). The maximum Gasteiger partial charge on any atom is 0.136 e. The molecule has 0 N–H and O–H groups in total. The zero-order valence-electron chi connectivity index (χ0n) is 13.5. The number of carbonyl (C=O) groups is 2. The highest BCUT2D eigenvalue weighted by molar-refractivity contribution is 5.86. The van der Waals surface area contributed by atoms with E-state index in [1.807, 2.05) is 0 Å². The molecule has 0 heterocycles. The van der Waals surface area contributed by atoms with E-state index in [-0.39, 0.29) is 5.41 Å². The molecule has 0 aromatic rings. The van der Waals surface area contributed by atoms with Crippen LogP contribution in [0.4, 0.5) is 0 Å². The molecule has 0 aromatic heterocycles. The summed E-state index contributed by atoms with van der Waals surface area (Å²) in [5, 5.41) is 0. The number of hydrogen-bond donors (Lipinski definition) is 0. The normalized spacial score (nSPS) is 53.0. The van der Waals surface area contributed by atoms with Crippen LogP contribution in [0, 0.1) is 34.5 Å². The molecule has 0 aliphatic heterocycles. The van der Waals surface area contributed by atoms with Gasteiger partial charge in [0.05, 0.1) is 0 Å². The van der Waals surface area contributed by atoms with Crippen molar-refractivity contribution in [1.82, 2.24) is 0 Å². The second-order valence-electron chi connectivity index (χ2n) is 8.94. The molecule has 2 heteroatoms. The summed E-state index contributed by atoms with van der Waals surface area (Å²) in [5.74, 6) is 2.77. The first-order chi connectivity index (χ1) is 9.94. The lowest BCUT2D eigenvalue weighted by Crippen LogP contribution is -2.56. The number of carbonyl (C=O) groups excluding carboxylic acids is 2. The molecule has 0 saturated heterocycles. The summed E-state index contributed by atoms with van der Waals surface area (Å²) in [7, 11) is 0. The lowest BCUT2D eigenvalue weighted by atomic mass is 9.45. The second-order valence-corrected chi connectivity index (χ2v) is 8.94. The summed E-state index contributed by atoms with van der Waals surface area (Å²) in [6, 6.07) is 0. The van der Waals surface area contributed by atoms with Crippen molar-refractivity contribution in [3.63, 3.8) is 0 Å². The first-order valence-electron chi connectivity index (χ1n) is 8.98. The summed E-state index contributed by atoms with van der Waals surface area (Å²) >= 11 is 0. The molecule has 4 aliphatic carbocycles. The van der Waals surface area contributed by atoms with Crippen molar-refractivity contribution in [3.8, 4) is 0 Å². The fraction of sp³-hybridized carbons (Fsp3) is 0.895. The molecule has 6 atom stereocenters. The van der Waals surface area contributed by atoms with Crippen molar-refractivity contribution in [2.75, 3.05) is 0 Å². The maximum atomic E-state index is 12.9. The minimum absolute atomic E-state index is 0.260. The van der Waals surface area contributed by atoms with Gasteiger partial charge in [-0.1, -0.05) is 20.3 Å². The number of fused-ring (bicyclic) bond motifs is 5. The Morgan fingerprint density at radius 2 is 1.76 bits per heavy atom. The van der Waals surface area contributed by atoms with Crippen LogP contribution in [0.1, 0.15) is 71.6 Å².